The van der Waals surface area contributed by atoms with Crippen molar-refractivity contribution in [2.24, 2.45) is 0 Å². The van der Waals surface area contributed by atoms with Crippen LogP contribution in [0.2, 0.25) is 0 Å². The molecule has 0 spiro atoms. The van der Waals surface area contributed by atoms with E-state index in [9.17, 15) is 4.79 Å². The highest BCUT2D eigenvalue weighted by Crippen LogP contribution is 2.17. The molecule has 48 valence electrons. The van der Waals surface area contributed by atoms with Crippen molar-refractivity contribution >= 4 is 5.91 Å². The molecule has 0 aromatic carbocycles. The summed E-state index contributed by atoms with van der Waals surface area (Å²) >= 11 is 0. The number of rotatable bonds is 1. The van der Waals surface area contributed by atoms with Crippen LogP contribution >= 0.6 is 0 Å². The van der Waals surface area contributed by atoms with Gasteiger partial charge < -0.3 is 5.32 Å². The van der Waals surface area contributed by atoms with Crippen LogP contribution in [0.3, 0.4) is 0 Å². The molecule has 1 amide bonds. The molecule has 2 heteroatoms. The third kappa shape index (κ3) is 1.46. The smallest absolute Gasteiger partial charge is 0.295 e. The highest BCUT2D eigenvalue weighted by atomic mass is 16.1. The number of carbonyl (C=O) groups excluding carboxylic acids is 1. The minimum atomic E-state index is -0.278. The first kappa shape index (κ1) is 6.15. The maximum Gasteiger partial charge on any atom is 0.295 e. The largest absolute Gasteiger partial charge is 0.343 e. The summed E-state index contributed by atoms with van der Waals surface area (Å²) < 4.78 is 0. The van der Waals surface area contributed by atoms with E-state index in [2.05, 4.69) is 5.32 Å². The lowest BCUT2D eigenvalue weighted by molar-refractivity contribution is -0.116. The second-order valence-electron chi connectivity index (χ2n) is 2.25. The molecule has 1 fully saturated rings. The molecule has 0 heterocycles. The van der Waals surface area contributed by atoms with E-state index in [-0.39, 0.29) is 5.91 Å². The number of terminal acetylenes is 1. The van der Waals surface area contributed by atoms with E-state index in [1.54, 1.807) is 0 Å². The van der Waals surface area contributed by atoms with Crippen molar-refractivity contribution in [2.75, 3.05) is 0 Å². The molecule has 2 nitrogen and oxygen atoms in total. The van der Waals surface area contributed by atoms with E-state index >= 15 is 0 Å². The predicted molar refractivity (Wildman–Crippen MR) is 34.6 cm³/mol. The summed E-state index contributed by atoms with van der Waals surface area (Å²) in [4.78, 5) is 10.5. The van der Waals surface area contributed by atoms with Crippen LogP contribution < -0.4 is 5.32 Å². The van der Waals surface area contributed by atoms with Crippen LogP contribution in [0.4, 0.5) is 0 Å². The van der Waals surface area contributed by atoms with Gasteiger partial charge in [-0.05, 0) is 25.2 Å². The quantitative estimate of drug-likeness (QED) is 0.499. The van der Waals surface area contributed by atoms with Gasteiger partial charge in [-0.25, -0.2) is 0 Å². The lowest BCUT2D eigenvalue weighted by Crippen LogP contribution is -2.38. The predicted octanol–water partition coefficient (Wildman–Crippen LogP) is 0.288. The normalized spacial score (nSPS) is 17.7. The molecule has 0 aliphatic heterocycles. The molecule has 0 aromatic heterocycles. The first-order valence-electron chi connectivity index (χ1n) is 3.10. The van der Waals surface area contributed by atoms with Crippen LogP contribution in [0.5, 0.6) is 0 Å². The van der Waals surface area contributed by atoms with Gasteiger partial charge in [-0.2, -0.15) is 0 Å². The highest BCUT2D eigenvalue weighted by molar-refractivity contribution is 5.93. The Morgan fingerprint density at radius 1 is 1.67 bits per heavy atom. The Bertz CT molecular complexity index is 153. The fraction of sp³-hybridized carbons (Fsp3) is 0.571. The lowest BCUT2D eigenvalue weighted by atomic mass is 9.93. The van der Waals surface area contributed by atoms with Crippen molar-refractivity contribution < 1.29 is 4.79 Å². The summed E-state index contributed by atoms with van der Waals surface area (Å²) in [5, 5.41) is 2.69. The van der Waals surface area contributed by atoms with E-state index < -0.39 is 0 Å². The van der Waals surface area contributed by atoms with Crippen molar-refractivity contribution in [2.45, 2.75) is 25.3 Å². The van der Waals surface area contributed by atoms with Crippen molar-refractivity contribution in [3.8, 4) is 12.3 Å². The zero-order valence-electron chi connectivity index (χ0n) is 5.18. The standard InChI is InChI=1S/C7H9NO/c1-2-7(9)8-6-4-3-5-6/h1,6H,3-5H2,(H,8,9). The van der Waals surface area contributed by atoms with Crippen LogP contribution in [-0.2, 0) is 4.79 Å². The Morgan fingerprint density at radius 2 is 2.33 bits per heavy atom. The number of amides is 1. The second kappa shape index (κ2) is 2.54. The summed E-state index contributed by atoms with van der Waals surface area (Å²) in [6, 6.07) is 0.369. The van der Waals surface area contributed by atoms with Crippen LogP contribution in [0.25, 0.3) is 0 Å². The number of nitrogens with one attached hydrogen (secondary N) is 1. The zero-order chi connectivity index (χ0) is 6.69. The zero-order valence-corrected chi connectivity index (χ0v) is 5.18. The third-order valence-corrected chi connectivity index (χ3v) is 1.57. The molecule has 1 N–H and O–H groups in total. The van der Waals surface area contributed by atoms with E-state index in [0.29, 0.717) is 6.04 Å². The van der Waals surface area contributed by atoms with Gasteiger partial charge in [0.15, 0.2) is 0 Å². The van der Waals surface area contributed by atoms with Gasteiger partial charge in [0, 0.05) is 6.04 Å². The summed E-state index contributed by atoms with van der Waals surface area (Å²) in [6.45, 7) is 0. The molecule has 9 heavy (non-hydrogen) atoms. The molecular formula is C7H9NO. The molecule has 1 aliphatic rings. The van der Waals surface area contributed by atoms with Crippen molar-refractivity contribution in [1.29, 1.82) is 0 Å². The highest BCUT2D eigenvalue weighted by Gasteiger charge is 2.17. The number of hydrogen-bond acceptors (Lipinski definition) is 1. The first-order valence-corrected chi connectivity index (χ1v) is 3.10. The summed E-state index contributed by atoms with van der Waals surface area (Å²) in [5.41, 5.74) is 0. The average Bonchev–Trinajstić information content (AvgIpc) is 1.78. The monoisotopic (exact) mass is 123 g/mol. The topological polar surface area (TPSA) is 29.1 Å². The van der Waals surface area contributed by atoms with Crippen molar-refractivity contribution in [3.05, 3.63) is 0 Å². The second-order valence-corrected chi connectivity index (χ2v) is 2.25. The molecule has 0 radical (unpaired) electrons. The minimum absolute atomic E-state index is 0.278. The SMILES string of the molecule is C#CC(=O)NC1CCC1. The first-order chi connectivity index (χ1) is 4.33. The van der Waals surface area contributed by atoms with E-state index in [4.69, 9.17) is 6.42 Å². The molecule has 0 unspecified atom stereocenters. The fourth-order valence-corrected chi connectivity index (χ4v) is 0.780. The van der Waals surface area contributed by atoms with Gasteiger partial charge in [0.2, 0.25) is 0 Å². The average molecular weight is 123 g/mol. The summed E-state index contributed by atoms with van der Waals surface area (Å²) in [7, 11) is 0. The molecule has 0 bridgehead atoms. The Kier molecular flexibility index (Phi) is 1.74. The molecular weight excluding hydrogens is 114 g/mol. The molecule has 0 saturated heterocycles. The maximum atomic E-state index is 10.5. The van der Waals surface area contributed by atoms with E-state index in [1.807, 2.05) is 5.92 Å². The molecule has 0 aromatic rings. The Morgan fingerprint density at radius 3 is 2.67 bits per heavy atom. The van der Waals surface area contributed by atoms with Crippen LogP contribution in [0, 0.1) is 12.3 Å². The molecule has 0 atom stereocenters. The Balaban J connectivity index is 2.18. The van der Waals surface area contributed by atoms with E-state index in [0.717, 1.165) is 12.8 Å². The van der Waals surface area contributed by atoms with Gasteiger partial charge in [0.1, 0.15) is 0 Å². The molecule has 1 rings (SSSR count). The van der Waals surface area contributed by atoms with Gasteiger partial charge in [-0.1, -0.05) is 0 Å². The van der Waals surface area contributed by atoms with Gasteiger partial charge in [0.25, 0.3) is 5.91 Å². The van der Waals surface area contributed by atoms with Crippen molar-refractivity contribution in [1.82, 2.24) is 5.32 Å². The third-order valence-electron chi connectivity index (χ3n) is 1.57. The van der Waals surface area contributed by atoms with Gasteiger partial charge in [0.05, 0.1) is 0 Å². The van der Waals surface area contributed by atoms with Crippen LogP contribution in [-0.4, -0.2) is 11.9 Å². The van der Waals surface area contributed by atoms with Gasteiger partial charge in [-0.3, -0.25) is 4.79 Å². The summed E-state index contributed by atoms with van der Waals surface area (Å²) in [6.07, 6.45) is 8.24. The van der Waals surface area contributed by atoms with Crippen molar-refractivity contribution in [3.63, 3.8) is 0 Å². The number of hydrogen-bond donors (Lipinski definition) is 1. The number of carbonyl (C=O) groups is 1. The molecule has 1 saturated carbocycles. The molecule has 1 aliphatic carbocycles. The summed E-state index contributed by atoms with van der Waals surface area (Å²) in [5.74, 6) is 1.74. The Hall–Kier alpha value is -0.970. The van der Waals surface area contributed by atoms with Gasteiger partial charge in [-0.15, -0.1) is 6.42 Å². The maximum absolute atomic E-state index is 10.5. The Labute approximate surface area is 54.6 Å². The minimum Gasteiger partial charge on any atom is -0.343 e. The van der Waals surface area contributed by atoms with Gasteiger partial charge >= 0.3 is 0 Å². The lowest BCUT2D eigenvalue weighted by Gasteiger charge is -2.24. The van der Waals surface area contributed by atoms with Crippen LogP contribution in [0.15, 0.2) is 0 Å². The fourth-order valence-electron chi connectivity index (χ4n) is 0.780. The van der Waals surface area contributed by atoms with E-state index in [1.165, 1.54) is 6.42 Å². The van der Waals surface area contributed by atoms with Crippen LogP contribution in [0.1, 0.15) is 19.3 Å².